The predicted molar refractivity (Wildman–Crippen MR) is 55.7 cm³/mol. The summed E-state index contributed by atoms with van der Waals surface area (Å²) in [6.45, 7) is 0. The summed E-state index contributed by atoms with van der Waals surface area (Å²) in [5.74, 6) is -0.463. The minimum Gasteiger partial charge on any atom is -0.351 e. The van der Waals surface area contributed by atoms with Gasteiger partial charge in [-0.1, -0.05) is 30.3 Å². The number of epoxide rings is 1. The largest absolute Gasteiger partial charge is 0.361 e. The maximum atomic E-state index is 11.9. The maximum absolute atomic E-state index is 11.9. The van der Waals surface area contributed by atoms with Gasteiger partial charge in [-0.15, -0.1) is 0 Å². The van der Waals surface area contributed by atoms with E-state index in [1.807, 2.05) is 30.3 Å². The second kappa shape index (κ2) is 4.06. The Kier molecular flexibility index (Phi) is 2.94. The molecule has 0 saturated carbocycles. The molecular weight excluding hydrogens is 215 g/mol. The van der Waals surface area contributed by atoms with Crippen LogP contribution in [0.5, 0.6) is 0 Å². The summed E-state index contributed by atoms with van der Waals surface area (Å²) < 4.78 is 27.0. The van der Waals surface area contributed by atoms with E-state index in [0.717, 1.165) is 5.56 Å². The lowest BCUT2D eigenvalue weighted by Crippen LogP contribution is -1.96. The van der Waals surface area contributed by atoms with Crippen LogP contribution < -0.4 is 0 Å². The van der Waals surface area contributed by atoms with Gasteiger partial charge in [0, 0.05) is 14.2 Å². The highest BCUT2D eigenvalue weighted by Gasteiger charge is 2.54. The van der Waals surface area contributed by atoms with E-state index in [1.165, 1.54) is 14.2 Å². The molecule has 2 rings (SSSR count). The monoisotopic (exact) mass is 228 g/mol. The first-order valence-electron chi connectivity index (χ1n) is 4.63. The third-order valence-corrected chi connectivity index (χ3v) is 4.45. The minimum atomic E-state index is -3.09. The van der Waals surface area contributed by atoms with Gasteiger partial charge in [0.2, 0.25) is 0 Å². The molecule has 2 atom stereocenters. The summed E-state index contributed by atoms with van der Waals surface area (Å²) in [5, 5.41) is 0. The third kappa shape index (κ3) is 1.99. The molecule has 82 valence electrons. The second-order valence-corrected chi connectivity index (χ2v) is 5.58. The van der Waals surface area contributed by atoms with Crippen molar-refractivity contribution >= 4 is 7.60 Å². The number of benzene rings is 1. The van der Waals surface area contributed by atoms with Gasteiger partial charge >= 0.3 is 7.60 Å². The molecule has 0 amide bonds. The van der Waals surface area contributed by atoms with Gasteiger partial charge in [-0.25, -0.2) is 0 Å². The number of hydrogen-bond donors (Lipinski definition) is 0. The zero-order valence-corrected chi connectivity index (χ0v) is 9.52. The van der Waals surface area contributed by atoms with Crippen molar-refractivity contribution in [3.8, 4) is 0 Å². The molecule has 1 saturated heterocycles. The molecule has 1 heterocycles. The molecular formula is C10H13O4P. The molecule has 0 radical (unpaired) electrons. The highest BCUT2D eigenvalue weighted by molar-refractivity contribution is 7.54. The second-order valence-electron chi connectivity index (χ2n) is 3.26. The lowest BCUT2D eigenvalue weighted by molar-refractivity contribution is 0.257. The van der Waals surface area contributed by atoms with Crippen LogP contribution in [0, 0.1) is 0 Å². The van der Waals surface area contributed by atoms with Gasteiger partial charge in [-0.2, -0.15) is 0 Å². The lowest BCUT2D eigenvalue weighted by Gasteiger charge is -2.10. The molecule has 1 aromatic rings. The van der Waals surface area contributed by atoms with Gasteiger partial charge in [0.05, 0.1) is 0 Å². The van der Waals surface area contributed by atoms with Crippen molar-refractivity contribution in [3.63, 3.8) is 0 Å². The molecule has 4 nitrogen and oxygen atoms in total. The van der Waals surface area contributed by atoms with Crippen molar-refractivity contribution in [2.75, 3.05) is 14.2 Å². The van der Waals surface area contributed by atoms with E-state index in [-0.39, 0.29) is 6.10 Å². The van der Waals surface area contributed by atoms with Gasteiger partial charge in [0.25, 0.3) is 0 Å². The summed E-state index contributed by atoms with van der Waals surface area (Å²) in [6, 6.07) is 9.62. The summed E-state index contributed by atoms with van der Waals surface area (Å²) in [7, 11) is -0.348. The van der Waals surface area contributed by atoms with E-state index in [9.17, 15) is 4.57 Å². The molecule has 1 fully saturated rings. The quantitative estimate of drug-likeness (QED) is 0.587. The van der Waals surface area contributed by atoms with E-state index in [0.29, 0.717) is 0 Å². The average molecular weight is 228 g/mol. The fourth-order valence-electron chi connectivity index (χ4n) is 1.51. The van der Waals surface area contributed by atoms with Crippen molar-refractivity contribution in [3.05, 3.63) is 35.9 Å². The molecule has 0 spiro atoms. The van der Waals surface area contributed by atoms with Crippen molar-refractivity contribution in [2.45, 2.75) is 11.9 Å². The number of hydrogen-bond acceptors (Lipinski definition) is 4. The number of ether oxygens (including phenoxy) is 1. The van der Waals surface area contributed by atoms with Crippen LogP contribution in [-0.2, 0) is 18.3 Å². The Hall–Kier alpha value is -0.670. The van der Waals surface area contributed by atoms with Crippen LogP contribution in [0.25, 0.3) is 0 Å². The third-order valence-electron chi connectivity index (χ3n) is 2.42. The molecule has 5 heteroatoms. The van der Waals surface area contributed by atoms with Crippen LogP contribution in [0.4, 0.5) is 0 Å². The molecule has 0 aromatic heterocycles. The van der Waals surface area contributed by atoms with E-state index in [2.05, 4.69) is 0 Å². The van der Waals surface area contributed by atoms with Crippen LogP contribution in [0.3, 0.4) is 0 Å². The van der Waals surface area contributed by atoms with Gasteiger partial charge in [-0.05, 0) is 5.56 Å². The Bertz CT molecular complexity index is 370. The van der Waals surface area contributed by atoms with Gasteiger partial charge in [0.1, 0.15) is 6.10 Å². The van der Waals surface area contributed by atoms with Gasteiger partial charge in [-0.3, -0.25) is 4.57 Å². The van der Waals surface area contributed by atoms with Crippen LogP contribution in [0.15, 0.2) is 30.3 Å². The fourth-order valence-corrected chi connectivity index (χ4v) is 2.86. The Morgan fingerprint density at radius 3 is 2.33 bits per heavy atom. The molecule has 1 aliphatic heterocycles. The van der Waals surface area contributed by atoms with Crippen molar-refractivity contribution in [1.82, 2.24) is 0 Å². The molecule has 1 aromatic carbocycles. The number of rotatable bonds is 4. The van der Waals surface area contributed by atoms with Crippen LogP contribution in [-0.4, -0.2) is 20.1 Å². The summed E-state index contributed by atoms with van der Waals surface area (Å²) >= 11 is 0. The predicted octanol–water partition coefficient (Wildman–Crippen LogP) is 2.57. The van der Waals surface area contributed by atoms with E-state index >= 15 is 0 Å². The Balaban J connectivity index is 2.11. The van der Waals surface area contributed by atoms with Gasteiger partial charge < -0.3 is 13.8 Å². The maximum Gasteiger partial charge on any atom is 0.361 e. The highest BCUT2D eigenvalue weighted by atomic mass is 31.2. The molecule has 2 unspecified atom stereocenters. The smallest absolute Gasteiger partial charge is 0.351 e. The molecule has 1 aliphatic rings. The normalized spacial score (nSPS) is 25.2. The van der Waals surface area contributed by atoms with Crippen LogP contribution >= 0.6 is 7.60 Å². The van der Waals surface area contributed by atoms with E-state index in [1.54, 1.807) is 0 Å². The Morgan fingerprint density at radius 1 is 1.20 bits per heavy atom. The van der Waals surface area contributed by atoms with E-state index in [4.69, 9.17) is 13.8 Å². The first-order valence-corrected chi connectivity index (χ1v) is 6.24. The standard InChI is InChI=1S/C10H13O4P/c1-12-15(11,13-2)10-9(14-10)8-6-4-3-5-7-8/h3-7,9-10H,1-2H3. The fraction of sp³-hybridized carbons (Fsp3) is 0.400. The first kappa shape index (κ1) is 10.8. The van der Waals surface area contributed by atoms with Crippen LogP contribution in [0.1, 0.15) is 11.7 Å². The van der Waals surface area contributed by atoms with E-state index < -0.39 is 13.4 Å². The molecule has 0 bridgehead atoms. The Labute approximate surface area is 88.7 Å². The minimum absolute atomic E-state index is 0.170. The summed E-state index contributed by atoms with van der Waals surface area (Å²) in [5.41, 5.74) is 0.997. The molecule has 0 N–H and O–H groups in total. The topological polar surface area (TPSA) is 48.1 Å². The zero-order valence-electron chi connectivity index (χ0n) is 8.62. The summed E-state index contributed by atoms with van der Waals surface area (Å²) in [4.78, 5) is 0. The Morgan fingerprint density at radius 2 is 1.80 bits per heavy atom. The lowest BCUT2D eigenvalue weighted by atomic mass is 10.2. The van der Waals surface area contributed by atoms with Gasteiger partial charge in [0.15, 0.2) is 5.85 Å². The summed E-state index contributed by atoms with van der Waals surface area (Å²) in [6.07, 6.45) is -0.170. The average Bonchev–Trinajstić information content (AvgIpc) is 3.10. The van der Waals surface area contributed by atoms with Crippen molar-refractivity contribution in [1.29, 1.82) is 0 Å². The zero-order chi connectivity index (χ0) is 10.9. The SMILES string of the molecule is COP(=O)(OC)C1OC1c1ccccc1. The van der Waals surface area contributed by atoms with Crippen molar-refractivity contribution in [2.24, 2.45) is 0 Å². The first-order chi connectivity index (χ1) is 7.21. The molecule has 15 heavy (non-hydrogen) atoms. The van der Waals surface area contributed by atoms with Crippen molar-refractivity contribution < 1.29 is 18.3 Å². The highest BCUT2D eigenvalue weighted by Crippen LogP contribution is 2.65. The molecule has 0 aliphatic carbocycles. The van der Waals surface area contributed by atoms with Crippen LogP contribution in [0.2, 0.25) is 0 Å².